The predicted molar refractivity (Wildman–Crippen MR) is 104 cm³/mol. The standard InChI is InChI=1S/C19H23N3O5S/c1-22(2)28(25,26)16-9-6-8-14(11-16)19(24)21-13-18(23)20-12-15-7-4-5-10-17(15)27-3/h4-11H,12-13H2,1-3H3,(H,20,23)(H,21,24). The highest BCUT2D eigenvalue weighted by Crippen LogP contribution is 2.17. The first kappa shape index (κ1) is 21.4. The Kier molecular flexibility index (Phi) is 7.13. The maximum atomic E-state index is 12.3. The molecule has 2 aromatic rings. The van der Waals surface area contributed by atoms with E-state index < -0.39 is 15.9 Å². The third kappa shape index (κ3) is 5.30. The number of sulfonamides is 1. The molecule has 0 atom stereocenters. The Morgan fingerprint density at radius 1 is 1.04 bits per heavy atom. The zero-order valence-corrected chi connectivity index (χ0v) is 16.7. The number of amides is 2. The van der Waals surface area contributed by atoms with Gasteiger partial charge in [-0.05, 0) is 24.3 Å². The average molecular weight is 405 g/mol. The molecule has 2 N–H and O–H groups in total. The van der Waals surface area contributed by atoms with E-state index >= 15 is 0 Å². The van der Waals surface area contributed by atoms with Gasteiger partial charge in [0.15, 0.2) is 0 Å². The Labute approximate surface area is 164 Å². The summed E-state index contributed by atoms with van der Waals surface area (Å²) < 4.78 is 30.6. The lowest BCUT2D eigenvalue weighted by molar-refractivity contribution is -0.120. The molecule has 2 amide bonds. The van der Waals surface area contributed by atoms with Crippen LogP contribution in [0.15, 0.2) is 53.4 Å². The Hall–Kier alpha value is -2.91. The van der Waals surface area contributed by atoms with Gasteiger partial charge in [0.05, 0.1) is 18.6 Å². The zero-order valence-electron chi connectivity index (χ0n) is 15.9. The summed E-state index contributed by atoms with van der Waals surface area (Å²) in [6.07, 6.45) is 0. The van der Waals surface area contributed by atoms with Gasteiger partial charge >= 0.3 is 0 Å². The van der Waals surface area contributed by atoms with Gasteiger partial charge in [-0.2, -0.15) is 0 Å². The molecule has 0 aromatic heterocycles. The van der Waals surface area contributed by atoms with Crippen molar-refractivity contribution >= 4 is 21.8 Å². The molecule has 0 fully saturated rings. The van der Waals surface area contributed by atoms with E-state index in [1.165, 1.54) is 38.4 Å². The molecule has 0 aliphatic rings. The second-order valence-electron chi connectivity index (χ2n) is 6.09. The predicted octanol–water partition coefficient (Wildman–Crippen LogP) is 0.992. The van der Waals surface area contributed by atoms with E-state index in [0.29, 0.717) is 5.75 Å². The lowest BCUT2D eigenvalue weighted by Gasteiger charge is -2.12. The van der Waals surface area contributed by atoms with E-state index in [2.05, 4.69) is 10.6 Å². The number of para-hydroxylation sites is 1. The second-order valence-corrected chi connectivity index (χ2v) is 8.24. The normalized spacial score (nSPS) is 11.1. The number of hydrogen-bond donors (Lipinski definition) is 2. The zero-order chi connectivity index (χ0) is 20.7. The van der Waals surface area contributed by atoms with E-state index in [4.69, 9.17) is 4.74 Å². The van der Waals surface area contributed by atoms with Gasteiger partial charge in [0.2, 0.25) is 15.9 Å². The number of hydrogen-bond acceptors (Lipinski definition) is 5. The van der Waals surface area contributed by atoms with Crippen LogP contribution in [0.25, 0.3) is 0 Å². The number of nitrogens with one attached hydrogen (secondary N) is 2. The number of rotatable bonds is 8. The fourth-order valence-electron chi connectivity index (χ4n) is 2.38. The maximum Gasteiger partial charge on any atom is 0.251 e. The van der Waals surface area contributed by atoms with Crippen molar-refractivity contribution in [1.29, 1.82) is 0 Å². The number of methoxy groups -OCH3 is 1. The molecule has 0 heterocycles. The van der Waals surface area contributed by atoms with Gasteiger partial charge < -0.3 is 15.4 Å². The fourth-order valence-corrected chi connectivity index (χ4v) is 3.32. The summed E-state index contributed by atoms with van der Waals surface area (Å²) in [4.78, 5) is 24.3. The van der Waals surface area contributed by atoms with Crippen molar-refractivity contribution in [3.63, 3.8) is 0 Å². The number of nitrogens with zero attached hydrogens (tertiary/aromatic N) is 1. The summed E-state index contributed by atoms with van der Waals surface area (Å²) in [6.45, 7) is 0.0217. The molecule has 9 heteroatoms. The lowest BCUT2D eigenvalue weighted by atomic mass is 10.2. The van der Waals surface area contributed by atoms with Crippen LogP contribution >= 0.6 is 0 Å². The highest BCUT2D eigenvalue weighted by atomic mass is 32.2. The van der Waals surface area contributed by atoms with Crippen LogP contribution in [0.4, 0.5) is 0 Å². The molecule has 0 aliphatic heterocycles. The van der Waals surface area contributed by atoms with E-state index in [9.17, 15) is 18.0 Å². The average Bonchev–Trinajstić information content (AvgIpc) is 2.70. The minimum Gasteiger partial charge on any atom is -0.496 e. The van der Waals surface area contributed by atoms with Crippen LogP contribution in [0, 0.1) is 0 Å². The number of benzene rings is 2. The van der Waals surface area contributed by atoms with Crippen molar-refractivity contribution in [2.75, 3.05) is 27.7 Å². The van der Waals surface area contributed by atoms with E-state index in [1.54, 1.807) is 13.2 Å². The molecule has 28 heavy (non-hydrogen) atoms. The first-order valence-corrected chi connectivity index (χ1v) is 9.89. The summed E-state index contributed by atoms with van der Waals surface area (Å²) in [6, 6.07) is 12.9. The Balaban J connectivity index is 1.94. The topological polar surface area (TPSA) is 105 Å². The molecular weight excluding hydrogens is 382 g/mol. The molecule has 150 valence electrons. The molecule has 0 bridgehead atoms. The van der Waals surface area contributed by atoms with Crippen molar-refractivity contribution in [2.24, 2.45) is 0 Å². The van der Waals surface area contributed by atoms with Gasteiger partial charge in [0.1, 0.15) is 5.75 Å². The maximum absolute atomic E-state index is 12.3. The van der Waals surface area contributed by atoms with Gasteiger partial charge in [0, 0.05) is 31.8 Å². The van der Waals surface area contributed by atoms with Crippen LogP contribution in [0.2, 0.25) is 0 Å². The Morgan fingerprint density at radius 2 is 1.75 bits per heavy atom. The largest absolute Gasteiger partial charge is 0.496 e. The number of ether oxygens (including phenoxy) is 1. The molecule has 8 nitrogen and oxygen atoms in total. The summed E-state index contributed by atoms with van der Waals surface area (Å²) in [5.41, 5.74) is 0.965. The van der Waals surface area contributed by atoms with E-state index in [1.807, 2.05) is 18.2 Å². The molecule has 0 aliphatic carbocycles. The first-order chi connectivity index (χ1) is 13.3. The number of carbonyl (C=O) groups is 2. The van der Waals surface area contributed by atoms with Gasteiger partial charge in [-0.25, -0.2) is 12.7 Å². The van der Waals surface area contributed by atoms with E-state index in [-0.39, 0.29) is 29.5 Å². The number of carbonyl (C=O) groups excluding carboxylic acids is 2. The third-order valence-corrected chi connectivity index (χ3v) is 5.76. The van der Waals surface area contributed by atoms with Crippen LogP contribution in [0.1, 0.15) is 15.9 Å². The molecular formula is C19H23N3O5S. The highest BCUT2D eigenvalue weighted by Gasteiger charge is 2.19. The summed E-state index contributed by atoms with van der Waals surface area (Å²) >= 11 is 0. The highest BCUT2D eigenvalue weighted by molar-refractivity contribution is 7.89. The molecule has 2 rings (SSSR count). The molecule has 0 spiro atoms. The van der Waals surface area contributed by atoms with Crippen LogP contribution in [-0.2, 0) is 21.4 Å². The van der Waals surface area contributed by atoms with Gasteiger partial charge in [0.25, 0.3) is 5.91 Å². The Morgan fingerprint density at radius 3 is 2.43 bits per heavy atom. The smallest absolute Gasteiger partial charge is 0.251 e. The monoisotopic (exact) mass is 405 g/mol. The van der Waals surface area contributed by atoms with Crippen molar-refractivity contribution < 1.29 is 22.7 Å². The van der Waals surface area contributed by atoms with Crippen molar-refractivity contribution in [1.82, 2.24) is 14.9 Å². The molecule has 0 saturated heterocycles. The minimum absolute atomic E-state index is 0.00535. The van der Waals surface area contributed by atoms with Crippen LogP contribution in [0.5, 0.6) is 5.75 Å². The quantitative estimate of drug-likeness (QED) is 0.682. The van der Waals surface area contributed by atoms with Crippen LogP contribution < -0.4 is 15.4 Å². The van der Waals surface area contributed by atoms with Crippen molar-refractivity contribution in [3.8, 4) is 5.75 Å². The molecule has 0 saturated carbocycles. The molecule has 0 unspecified atom stereocenters. The van der Waals surface area contributed by atoms with Gasteiger partial charge in [-0.3, -0.25) is 9.59 Å². The molecule has 2 aromatic carbocycles. The van der Waals surface area contributed by atoms with E-state index in [0.717, 1.165) is 9.87 Å². The van der Waals surface area contributed by atoms with Crippen molar-refractivity contribution in [2.45, 2.75) is 11.4 Å². The van der Waals surface area contributed by atoms with Crippen LogP contribution in [0.3, 0.4) is 0 Å². The third-order valence-electron chi connectivity index (χ3n) is 3.95. The fraction of sp³-hybridized carbons (Fsp3) is 0.263. The van der Waals surface area contributed by atoms with Gasteiger partial charge in [-0.1, -0.05) is 24.3 Å². The van der Waals surface area contributed by atoms with Crippen molar-refractivity contribution in [3.05, 3.63) is 59.7 Å². The molecule has 0 radical (unpaired) electrons. The summed E-state index contributed by atoms with van der Waals surface area (Å²) in [5.74, 6) is -0.259. The lowest BCUT2D eigenvalue weighted by Crippen LogP contribution is -2.36. The minimum atomic E-state index is -3.65. The first-order valence-electron chi connectivity index (χ1n) is 8.45. The second kappa shape index (κ2) is 9.34. The van der Waals surface area contributed by atoms with Crippen LogP contribution in [-0.4, -0.2) is 52.3 Å². The van der Waals surface area contributed by atoms with Gasteiger partial charge in [-0.15, -0.1) is 0 Å². The summed E-state index contributed by atoms with van der Waals surface area (Å²) in [7, 11) is 0.721. The SMILES string of the molecule is COc1ccccc1CNC(=O)CNC(=O)c1cccc(S(=O)(=O)N(C)C)c1. The Bertz CT molecular complexity index is 958. The summed E-state index contributed by atoms with van der Waals surface area (Å²) in [5, 5.41) is 5.18.